The minimum Gasteiger partial charge on any atom is -0.384 e. The number of rotatable bonds is 6. The molecule has 1 aliphatic heterocycles. The fraction of sp³-hybridized carbons (Fsp3) is 0.750. The van der Waals surface area contributed by atoms with Crippen LogP contribution in [0, 0.1) is 5.92 Å². The van der Waals surface area contributed by atoms with Crippen LogP contribution in [0.5, 0.6) is 0 Å². The predicted octanol–water partition coefficient (Wildman–Crippen LogP) is 0.695. The van der Waals surface area contributed by atoms with Crippen LogP contribution >= 0.6 is 0 Å². The van der Waals surface area contributed by atoms with Crippen molar-refractivity contribution in [3.8, 4) is 0 Å². The minimum absolute atomic E-state index is 0.115. The first-order chi connectivity index (χ1) is 7.72. The number of methoxy groups -OCH3 is 1. The van der Waals surface area contributed by atoms with E-state index in [1.54, 1.807) is 7.11 Å². The molecule has 1 heterocycles. The number of carbonyl (C=O) groups excluding carboxylic acids is 1. The predicted molar refractivity (Wildman–Crippen MR) is 64.2 cm³/mol. The number of carbonyl (C=O) groups is 1. The fourth-order valence-corrected chi connectivity index (χ4v) is 1.77. The van der Waals surface area contributed by atoms with Gasteiger partial charge in [0.15, 0.2) is 0 Å². The Labute approximate surface area is 97.4 Å². The summed E-state index contributed by atoms with van der Waals surface area (Å²) in [6.07, 6.45) is 3.73. The monoisotopic (exact) mass is 226 g/mol. The maximum absolute atomic E-state index is 11.6. The first-order valence-electron chi connectivity index (χ1n) is 5.86. The van der Waals surface area contributed by atoms with Crippen LogP contribution in [0.3, 0.4) is 0 Å². The van der Waals surface area contributed by atoms with Gasteiger partial charge in [0.2, 0.25) is 5.91 Å². The summed E-state index contributed by atoms with van der Waals surface area (Å²) < 4.78 is 5.00. The lowest BCUT2D eigenvalue weighted by Crippen LogP contribution is -2.30. The van der Waals surface area contributed by atoms with Crippen LogP contribution in [-0.4, -0.2) is 39.3 Å². The van der Waals surface area contributed by atoms with E-state index in [-0.39, 0.29) is 11.8 Å². The third kappa shape index (κ3) is 5.28. The summed E-state index contributed by atoms with van der Waals surface area (Å²) in [5.41, 5.74) is 1.33. The van der Waals surface area contributed by atoms with Gasteiger partial charge < -0.3 is 15.4 Å². The number of hydrogen-bond acceptors (Lipinski definition) is 3. The molecule has 1 amide bonds. The van der Waals surface area contributed by atoms with Crippen LogP contribution in [0.25, 0.3) is 0 Å². The van der Waals surface area contributed by atoms with Gasteiger partial charge in [-0.3, -0.25) is 4.79 Å². The summed E-state index contributed by atoms with van der Waals surface area (Å²) in [6, 6.07) is 0. The van der Waals surface area contributed by atoms with E-state index in [1.807, 2.05) is 6.92 Å². The lowest BCUT2D eigenvalue weighted by Gasteiger charge is -2.15. The summed E-state index contributed by atoms with van der Waals surface area (Å²) in [5.74, 6) is 0.399. The van der Waals surface area contributed by atoms with Gasteiger partial charge in [-0.15, -0.1) is 0 Å². The van der Waals surface area contributed by atoms with Gasteiger partial charge in [-0.1, -0.05) is 18.6 Å². The quantitative estimate of drug-likeness (QED) is 0.655. The van der Waals surface area contributed by atoms with Gasteiger partial charge in [-0.25, -0.2) is 0 Å². The topological polar surface area (TPSA) is 50.4 Å². The van der Waals surface area contributed by atoms with Gasteiger partial charge in [0.05, 0.1) is 0 Å². The highest BCUT2D eigenvalue weighted by Crippen LogP contribution is 2.04. The third-order valence-electron chi connectivity index (χ3n) is 2.66. The minimum atomic E-state index is 0.115. The molecular formula is C12H22N2O2. The number of ether oxygens (including phenoxy) is 1. The molecule has 4 nitrogen and oxygen atoms in total. The summed E-state index contributed by atoms with van der Waals surface area (Å²) in [5, 5.41) is 6.20. The van der Waals surface area contributed by atoms with Gasteiger partial charge >= 0.3 is 0 Å². The highest BCUT2D eigenvalue weighted by atomic mass is 16.5. The highest BCUT2D eigenvalue weighted by Gasteiger charge is 2.09. The molecular weight excluding hydrogens is 204 g/mol. The van der Waals surface area contributed by atoms with Gasteiger partial charge in [-0.2, -0.15) is 0 Å². The molecule has 0 saturated carbocycles. The largest absolute Gasteiger partial charge is 0.384 e. The van der Waals surface area contributed by atoms with Crippen molar-refractivity contribution in [1.29, 1.82) is 0 Å². The molecule has 16 heavy (non-hydrogen) atoms. The van der Waals surface area contributed by atoms with Crippen molar-refractivity contribution >= 4 is 5.91 Å². The normalized spacial score (nSPS) is 17.8. The maximum Gasteiger partial charge on any atom is 0.220 e. The van der Waals surface area contributed by atoms with Crippen LogP contribution in [0.2, 0.25) is 0 Å². The lowest BCUT2D eigenvalue weighted by atomic mass is 10.1. The van der Waals surface area contributed by atoms with Crippen LogP contribution in [-0.2, 0) is 9.53 Å². The smallest absolute Gasteiger partial charge is 0.220 e. The SMILES string of the molecule is COCC(C)CC(=O)NCC1=CCNCC1. The summed E-state index contributed by atoms with van der Waals surface area (Å²) in [4.78, 5) is 11.6. The van der Waals surface area contributed by atoms with Crippen molar-refractivity contribution in [1.82, 2.24) is 10.6 Å². The molecule has 0 aliphatic carbocycles. The van der Waals surface area contributed by atoms with Crippen LogP contribution in [0.15, 0.2) is 11.6 Å². The van der Waals surface area contributed by atoms with E-state index < -0.39 is 0 Å². The zero-order valence-corrected chi connectivity index (χ0v) is 10.2. The molecule has 0 saturated heterocycles. The van der Waals surface area contributed by atoms with E-state index in [1.165, 1.54) is 5.57 Å². The Hall–Kier alpha value is -0.870. The summed E-state index contributed by atoms with van der Waals surface area (Å²) >= 11 is 0. The van der Waals surface area contributed by atoms with E-state index in [2.05, 4.69) is 16.7 Å². The van der Waals surface area contributed by atoms with Crippen LogP contribution in [0.4, 0.5) is 0 Å². The molecule has 0 aromatic carbocycles. The van der Waals surface area contributed by atoms with Gasteiger partial charge in [0.25, 0.3) is 0 Å². The first-order valence-corrected chi connectivity index (χ1v) is 5.86. The van der Waals surface area contributed by atoms with Crippen molar-refractivity contribution in [3.05, 3.63) is 11.6 Å². The van der Waals surface area contributed by atoms with E-state index in [9.17, 15) is 4.79 Å². The first kappa shape index (κ1) is 13.2. The van der Waals surface area contributed by atoms with E-state index in [0.717, 1.165) is 19.5 Å². The van der Waals surface area contributed by atoms with Crippen molar-refractivity contribution in [2.24, 2.45) is 5.92 Å². The maximum atomic E-state index is 11.6. The molecule has 0 fully saturated rings. The third-order valence-corrected chi connectivity index (χ3v) is 2.66. The Morgan fingerprint density at radius 1 is 1.69 bits per heavy atom. The van der Waals surface area contributed by atoms with E-state index >= 15 is 0 Å². The fourth-order valence-electron chi connectivity index (χ4n) is 1.77. The van der Waals surface area contributed by atoms with E-state index in [0.29, 0.717) is 19.6 Å². The Balaban J connectivity index is 2.16. The Morgan fingerprint density at radius 2 is 2.50 bits per heavy atom. The second kappa shape index (κ2) is 7.41. The molecule has 4 heteroatoms. The average Bonchev–Trinajstić information content (AvgIpc) is 2.28. The molecule has 1 unspecified atom stereocenters. The molecule has 2 N–H and O–H groups in total. The molecule has 1 aliphatic rings. The Bertz CT molecular complexity index is 251. The molecule has 0 aromatic rings. The summed E-state index contributed by atoms with van der Waals surface area (Å²) in [6.45, 7) is 5.29. The lowest BCUT2D eigenvalue weighted by molar-refractivity contribution is -0.122. The van der Waals surface area contributed by atoms with Crippen molar-refractivity contribution in [2.75, 3.05) is 33.4 Å². The van der Waals surface area contributed by atoms with Crippen molar-refractivity contribution < 1.29 is 9.53 Å². The number of nitrogens with one attached hydrogen (secondary N) is 2. The van der Waals surface area contributed by atoms with Crippen molar-refractivity contribution in [3.63, 3.8) is 0 Å². The van der Waals surface area contributed by atoms with Gasteiger partial charge in [0.1, 0.15) is 0 Å². The van der Waals surface area contributed by atoms with Gasteiger partial charge in [-0.05, 0) is 18.9 Å². The standard InChI is InChI=1S/C12H22N2O2/c1-10(9-16-2)7-12(15)14-8-11-3-5-13-6-4-11/h3,10,13H,4-9H2,1-2H3,(H,14,15). The second-order valence-corrected chi connectivity index (χ2v) is 4.36. The Kier molecular flexibility index (Phi) is 6.11. The molecule has 1 rings (SSSR count). The zero-order valence-electron chi connectivity index (χ0n) is 10.2. The average molecular weight is 226 g/mol. The highest BCUT2D eigenvalue weighted by molar-refractivity contribution is 5.76. The molecule has 0 spiro atoms. The van der Waals surface area contributed by atoms with Crippen LogP contribution < -0.4 is 10.6 Å². The Morgan fingerprint density at radius 3 is 3.12 bits per heavy atom. The van der Waals surface area contributed by atoms with Gasteiger partial charge in [0, 0.05) is 33.2 Å². The second-order valence-electron chi connectivity index (χ2n) is 4.36. The molecule has 0 radical (unpaired) electrons. The zero-order chi connectivity index (χ0) is 11.8. The van der Waals surface area contributed by atoms with E-state index in [4.69, 9.17) is 4.74 Å². The number of hydrogen-bond donors (Lipinski definition) is 2. The summed E-state index contributed by atoms with van der Waals surface area (Å²) in [7, 11) is 1.66. The molecule has 0 bridgehead atoms. The molecule has 1 atom stereocenters. The number of amides is 1. The van der Waals surface area contributed by atoms with Crippen molar-refractivity contribution in [2.45, 2.75) is 19.8 Å². The molecule has 0 aromatic heterocycles. The molecule has 92 valence electrons. The van der Waals surface area contributed by atoms with Crippen LogP contribution in [0.1, 0.15) is 19.8 Å².